The molecule has 6 heteroatoms. The van der Waals surface area contributed by atoms with Gasteiger partial charge in [-0.15, -0.1) is 0 Å². The number of hydrogen-bond acceptors (Lipinski definition) is 3. The number of carbonyl (C=O) groups excluding carboxylic acids is 1. The van der Waals surface area contributed by atoms with Crippen LogP contribution in [-0.4, -0.2) is 27.3 Å². The van der Waals surface area contributed by atoms with Gasteiger partial charge in [-0.3, -0.25) is 4.79 Å². The molecule has 0 amide bonds. The van der Waals surface area contributed by atoms with Crippen LogP contribution in [0.3, 0.4) is 0 Å². The zero-order valence-electron chi connectivity index (χ0n) is 8.69. The van der Waals surface area contributed by atoms with Crippen molar-refractivity contribution in [2.24, 2.45) is 0 Å². The monoisotopic (exact) mass is 304 g/mol. The second-order valence-corrected chi connectivity index (χ2v) is 3.99. The van der Waals surface area contributed by atoms with Crippen LogP contribution in [-0.2, 0) is 16.0 Å². The quantitative estimate of drug-likeness (QED) is 0.808. The average Bonchev–Trinajstić information content (AvgIpc) is 2.30. The first-order valence-corrected chi connectivity index (χ1v) is 5.84. The summed E-state index contributed by atoms with van der Waals surface area (Å²) in [5.41, 5.74) is 0.220. The van der Waals surface area contributed by atoms with Crippen LogP contribution in [0.4, 0.5) is 4.39 Å². The van der Waals surface area contributed by atoms with E-state index < -0.39 is 17.9 Å². The van der Waals surface area contributed by atoms with Gasteiger partial charge in [0.05, 0.1) is 5.33 Å². The summed E-state index contributed by atoms with van der Waals surface area (Å²) < 4.78 is 13.0. The van der Waals surface area contributed by atoms with Gasteiger partial charge >= 0.3 is 5.97 Å². The number of ketones is 1. The van der Waals surface area contributed by atoms with Crippen molar-refractivity contribution >= 4 is 27.7 Å². The van der Waals surface area contributed by atoms with Crippen LogP contribution in [0.1, 0.15) is 17.2 Å². The van der Waals surface area contributed by atoms with E-state index in [1.165, 1.54) is 6.07 Å². The molecule has 1 aromatic carbocycles. The molecule has 0 radical (unpaired) electrons. The first-order valence-electron chi connectivity index (χ1n) is 4.72. The molecule has 0 aliphatic heterocycles. The summed E-state index contributed by atoms with van der Waals surface area (Å²) in [6.07, 6.45) is -1.88. The Kier molecular flexibility index (Phi) is 4.77. The summed E-state index contributed by atoms with van der Waals surface area (Å²) in [6, 6.07) is 3.35. The molecule has 0 aromatic heterocycles. The molecule has 17 heavy (non-hydrogen) atoms. The molecule has 4 nitrogen and oxygen atoms in total. The second-order valence-electron chi connectivity index (χ2n) is 3.43. The molecule has 1 atom stereocenters. The van der Waals surface area contributed by atoms with Crippen LogP contribution in [0, 0.1) is 5.82 Å². The minimum atomic E-state index is -1.83. The van der Waals surface area contributed by atoms with Crippen molar-refractivity contribution in [1.29, 1.82) is 0 Å². The maximum Gasteiger partial charge on any atom is 0.337 e. The Bertz CT molecular complexity index is 447. The average molecular weight is 305 g/mol. The number of benzene rings is 1. The summed E-state index contributed by atoms with van der Waals surface area (Å²) in [6.45, 7) is 0. The predicted octanol–water partition coefficient (Wildman–Crippen LogP) is 1.45. The van der Waals surface area contributed by atoms with Crippen LogP contribution < -0.4 is 0 Å². The minimum Gasteiger partial charge on any atom is -0.479 e. The molecule has 0 saturated carbocycles. The van der Waals surface area contributed by atoms with Crippen LogP contribution in [0.15, 0.2) is 18.2 Å². The molecule has 1 rings (SSSR count). The molecule has 0 heterocycles. The number of aliphatic carboxylic acids is 1. The highest BCUT2D eigenvalue weighted by atomic mass is 79.9. The van der Waals surface area contributed by atoms with Crippen molar-refractivity contribution in [3.8, 4) is 0 Å². The maximum atomic E-state index is 13.0. The topological polar surface area (TPSA) is 74.6 Å². The van der Waals surface area contributed by atoms with E-state index in [1.54, 1.807) is 0 Å². The fourth-order valence-electron chi connectivity index (χ4n) is 1.37. The Morgan fingerprint density at radius 1 is 1.41 bits per heavy atom. The third-order valence-corrected chi connectivity index (χ3v) is 2.80. The first-order chi connectivity index (χ1) is 7.95. The smallest absolute Gasteiger partial charge is 0.337 e. The number of alkyl halides is 1. The summed E-state index contributed by atoms with van der Waals surface area (Å²) in [5, 5.41) is 18.2. The van der Waals surface area contributed by atoms with Crippen LogP contribution in [0.25, 0.3) is 0 Å². The Labute approximate surface area is 105 Å². The number of aliphatic hydroxyl groups is 1. The first kappa shape index (κ1) is 13.8. The van der Waals surface area contributed by atoms with E-state index >= 15 is 0 Å². The van der Waals surface area contributed by atoms with E-state index in [-0.39, 0.29) is 23.1 Å². The lowest BCUT2D eigenvalue weighted by molar-refractivity contribution is -0.147. The summed E-state index contributed by atoms with van der Waals surface area (Å²) in [5.74, 6) is -2.33. The second kappa shape index (κ2) is 5.88. The Balaban J connectivity index is 3.12. The van der Waals surface area contributed by atoms with Crippen molar-refractivity contribution in [3.05, 3.63) is 35.1 Å². The summed E-state index contributed by atoms with van der Waals surface area (Å²) in [7, 11) is 0. The number of carboxylic acids is 1. The molecule has 92 valence electrons. The lowest BCUT2D eigenvalue weighted by Crippen LogP contribution is -2.15. The fourth-order valence-corrected chi connectivity index (χ4v) is 1.57. The third-order valence-electron chi connectivity index (χ3n) is 2.17. The molecular formula is C11H10BrFO4. The maximum absolute atomic E-state index is 13.0. The highest BCUT2D eigenvalue weighted by Gasteiger charge is 2.21. The van der Waals surface area contributed by atoms with Crippen LogP contribution >= 0.6 is 15.9 Å². The molecule has 0 bridgehead atoms. The summed E-state index contributed by atoms with van der Waals surface area (Å²) in [4.78, 5) is 21.9. The molecule has 0 aliphatic carbocycles. The Morgan fingerprint density at radius 2 is 2.06 bits per heavy atom. The van der Waals surface area contributed by atoms with E-state index in [9.17, 15) is 19.1 Å². The molecule has 0 spiro atoms. The van der Waals surface area contributed by atoms with Gasteiger partial charge in [-0.05, 0) is 23.3 Å². The highest BCUT2D eigenvalue weighted by molar-refractivity contribution is 9.09. The van der Waals surface area contributed by atoms with Gasteiger partial charge in [0.15, 0.2) is 6.10 Å². The Hall–Kier alpha value is -1.27. The lowest BCUT2D eigenvalue weighted by atomic mass is 9.98. The highest BCUT2D eigenvalue weighted by Crippen LogP contribution is 2.20. The number of halogens is 2. The van der Waals surface area contributed by atoms with Crippen molar-refractivity contribution in [2.75, 3.05) is 5.33 Å². The van der Waals surface area contributed by atoms with Crippen molar-refractivity contribution < 1.29 is 24.2 Å². The SMILES string of the molecule is O=C(CBr)Cc1ccc(F)cc1C(O)C(=O)O. The van der Waals surface area contributed by atoms with E-state index in [0.717, 1.165) is 12.1 Å². The molecule has 2 N–H and O–H groups in total. The van der Waals surface area contributed by atoms with Gasteiger partial charge < -0.3 is 10.2 Å². The molecule has 0 aliphatic rings. The Morgan fingerprint density at radius 3 is 2.59 bits per heavy atom. The van der Waals surface area contributed by atoms with E-state index in [4.69, 9.17) is 5.11 Å². The minimum absolute atomic E-state index is 0.0504. The predicted molar refractivity (Wildman–Crippen MR) is 61.5 cm³/mol. The van der Waals surface area contributed by atoms with E-state index in [1.807, 2.05) is 0 Å². The van der Waals surface area contributed by atoms with Crippen molar-refractivity contribution in [2.45, 2.75) is 12.5 Å². The lowest BCUT2D eigenvalue weighted by Gasteiger charge is -2.11. The largest absolute Gasteiger partial charge is 0.479 e. The molecule has 1 unspecified atom stereocenters. The summed E-state index contributed by atoms with van der Waals surface area (Å²) >= 11 is 2.97. The van der Waals surface area contributed by atoms with Gasteiger partial charge in [-0.2, -0.15) is 0 Å². The van der Waals surface area contributed by atoms with Crippen molar-refractivity contribution in [3.63, 3.8) is 0 Å². The fraction of sp³-hybridized carbons (Fsp3) is 0.273. The number of hydrogen-bond donors (Lipinski definition) is 2. The van der Waals surface area contributed by atoms with Gasteiger partial charge in [-0.1, -0.05) is 22.0 Å². The molecule has 1 aromatic rings. The van der Waals surface area contributed by atoms with Gasteiger partial charge in [0.2, 0.25) is 0 Å². The number of aliphatic hydroxyl groups excluding tert-OH is 1. The van der Waals surface area contributed by atoms with E-state index in [2.05, 4.69) is 15.9 Å². The molecular weight excluding hydrogens is 295 g/mol. The van der Waals surface area contributed by atoms with Crippen LogP contribution in [0.2, 0.25) is 0 Å². The van der Waals surface area contributed by atoms with Gasteiger partial charge in [0.1, 0.15) is 11.6 Å². The molecule has 0 fully saturated rings. The van der Waals surface area contributed by atoms with Gasteiger partial charge in [-0.25, -0.2) is 9.18 Å². The van der Waals surface area contributed by atoms with Crippen molar-refractivity contribution in [1.82, 2.24) is 0 Å². The molecule has 0 saturated heterocycles. The number of carboxylic acid groups (broad SMARTS) is 1. The number of carbonyl (C=O) groups is 2. The number of Topliss-reactive ketones (excluding diaryl/α,β-unsaturated/α-hetero) is 1. The van der Waals surface area contributed by atoms with Crippen LogP contribution in [0.5, 0.6) is 0 Å². The van der Waals surface area contributed by atoms with Gasteiger partial charge in [0, 0.05) is 6.42 Å². The van der Waals surface area contributed by atoms with E-state index in [0.29, 0.717) is 5.56 Å². The standard InChI is InChI=1S/C11H10BrFO4/c12-5-8(14)3-6-1-2-7(13)4-9(6)10(15)11(16)17/h1-2,4,10,15H,3,5H2,(H,16,17). The zero-order valence-corrected chi connectivity index (χ0v) is 10.3. The normalized spacial score (nSPS) is 12.2. The third kappa shape index (κ3) is 3.61. The zero-order chi connectivity index (χ0) is 13.0. The van der Waals surface area contributed by atoms with Gasteiger partial charge in [0.25, 0.3) is 0 Å². The number of rotatable bonds is 5.